The number of nitrogen functional groups attached to an aromatic ring is 1. The second-order valence-electron chi connectivity index (χ2n) is 4.08. The van der Waals surface area contributed by atoms with Crippen LogP contribution in [0.25, 0.3) is 0 Å². The average Bonchev–Trinajstić information content (AvgIpc) is 2.66. The molecule has 1 aromatic rings. The molecule has 0 radical (unpaired) electrons. The molecule has 2 N–H and O–H groups in total. The summed E-state index contributed by atoms with van der Waals surface area (Å²) in [5.74, 6) is 1.66. The number of nitrogens with zero attached hydrogens (tertiary/aromatic N) is 2. The van der Waals surface area contributed by atoms with Crippen LogP contribution < -0.4 is 10.6 Å². The minimum Gasteiger partial charge on any atom is -0.396 e. The molecule has 2 rings (SSSR count). The van der Waals surface area contributed by atoms with Crippen LogP contribution in [-0.4, -0.2) is 18.1 Å². The van der Waals surface area contributed by atoms with E-state index in [2.05, 4.69) is 16.8 Å². The molecule has 2 heterocycles. The Morgan fingerprint density at radius 1 is 1.67 bits per heavy atom. The Morgan fingerprint density at radius 2 is 2.47 bits per heavy atom. The number of nitrogens with two attached hydrogens (primary N) is 1. The van der Waals surface area contributed by atoms with Crippen molar-refractivity contribution in [2.24, 2.45) is 5.92 Å². The normalized spacial score (nSPS) is 20.9. The van der Waals surface area contributed by atoms with Crippen molar-refractivity contribution in [2.45, 2.75) is 19.8 Å². The third-order valence-electron chi connectivity index (χ3n) is 3.02. The zero-order chi connectivity index (χ0) is 10.8. The van der Waals surface area contributed by atoms with Crippen molar-refractivity contribution in [1.82, 2.24) is 4.98 Å². The second-order valence-corrected chi connectivity index (χ2v) is 4.51. The minimum absolute atomic E-state index is 0.600. The van der Waals surface area contributed by atoms with Gasteiger partial charge in [-0.15, -0.1) is 0 Å². The Balaban J connectivity index is 2.17. The molecular formula is C11H16ClN3. The highest BCUT2D eigenvalue weighted by Gasteiger charge is 2.23. The molecule has 1 unspecified atom stereocenters. The molecule has 0 aromatic carbocycles. The number of anilines is 2. The van der Waals surface area contributed by atoms with E-state index in [0.717, 1.165) is 24.8 Å². The van der Waals surface area contributed by atoms with Gasteiger partial charge in [0, 0.05) is 19.3 Å². The molecule has 1 aliphatic heterocycles. The quantitative estimate of drug-likeness (QED) is 0.841. The van der Waals surface area contributed by atoms with Crippen LogP contribution in [0.1, 0.15) is 19.8 Å². The standard InChI is InChI=1S/C11H16ClN3/c1-2-8-3-4-15(7-8)11-10(13)5-9(12)6-14-11/h5-6,8H,2-4,7,13H2,1H3. The van der Waals surface area contributed by atoms with Crippen molar-refractivity contribution < 1.29 is 0 Å². The highest BCUT2D eigenvalue weighted by atomic mass is 35.5. The van der Waals surface area contributed by atoms with Gasteiger partial charge in [0.1, 0.15) is 0 Å². The summed E-state index contributed by atoms with van der Waals surface area (Å²) >= 11 is 5.82. The Bertz CT molecular complexity index is 354. The van der Waals surface area contributed by atoms with E-state index in [1.165, 1.54) is 12.8 Å². The van der Waals surface area contributed by atoms with E-state index < -0.39 is 0 Å². The maximum atomic E-state index is 5.90. The first-order chi connectivity index (χ1) is 7.20. The van der Waals surface area contributed by atoms with E-state index in [-0.39, 0.29) is 0 Å². The maximum absolute atomic E-state index is 5.90. The summed E-state index contributed by atoms with van der Waals surface area (Å²) in [6.07, 6.45) is 4.12. The highest BCUT2D eigenvalue weighted by molar-refractivity contribution is 6.30. The van der Waals surface area contributed by atoms with E-state index in [1.54, 1.807) is 12.3 Å². The number of rotatable bonds is 2. The zero-order valence-electron chi connectivity index (χ0n) is 8.91. The van der Waals surface area contributed by atoms with Gasteiger partial charge in [-0.3, -0.25) is 0 Å². The van der Waals surface area contributed by atoms with E-state index in [0.29, 0.717) is 10.7 Å². The Labute approximate surface area is 95.2 Å². The first-order valence-corrected chi connectivity index (χ1v) is 5.74. The number of aromatic nitrogens is 1. The van der Waals surface area contributed by atoms with Gasteiger partial charge in [-0.2, -0.15) is 0 Å². The van der Waals surface area contributed by atoms with Gasteiger partial charge in [-0.25, -0.2) is 4.98 Å². The predicted molar refractivity (Wildman–Crippen MR) is 64.3 cm³/mol. The van der Waals surface area contributed by atoms with Crippen LogP contribution in [0.4, 0.5) is 11.5 Å². The molecule has 3 nitrogen and oxygen atoms in total. The average molecular weight is 226 g/mol. The topological polar surface area (TPSA) is 42.2 Å². The molecule has 1 fully saturated rings. The molecule has 1 saturated heterocycles. The van der Waals surface area contributed by atoms with Crippen LogP contribution in [0.5, 0.6) is 0 Å². The number of halogens is 1. The van der Waals surface area contributed by atoms with Crippen molar-refractivity contribution in [3.8, 4) is 0 Å². The first-order valence-electron chi connectivity index (χ1n) is 5.36. The van der Waals surface area contributed by atoms with Crippen LogP contribution in [0.15, 0.2) is 12.3 Å². The predicted octanol–water partition coefficient (Wildman–Crippen LogP) is 2.55. The lowest BCUT2D eigenvalue weighted by atomic mass is 10.1. The first kappa shape index (κ1) is 10.6. The molecule has 0 aliphatic carbocycles. The lowest BCUT2D eigenvalue weighted by Gasteiger charge is -2.19. The number of hydrogen-bond acceptors (Lipinski definition) is 3. The third kappa shape index (κ3) is 2.17. The molecule has 1 atom stereocenters. The summed E-state index contributed by atoms with van der Waals surface area (Å²) in [6.45, 7) is 4.35. The van der Waals surface area contributed by atoms with Gasteiger partial charge in [0.15, 0.2) is 5.82 Å². The van der Waals surface area contributed by atoms with Crippen molar-refractivity contribution in [3.05, 3.63) is 17.3 Å². The molecule has 0 spiro atoms. The number of hydrogen-bond donors (Lipinski definition) is 1. The van der Waals surface area contributed by atoms with E-state index in [9.17, 15) is 0 Å². The smallest absolute Gasteiger partial charge is 0.151 e. The third-order valence-corrected chi connectivity index (χ3v) is 3.23. The molecule has 15 heavy (non-hydrogen) atoms. The van der Waals surface area contributed by atoms with Crippen LogP contribution in [0, 0.1) is 5.92 Å². The van der Waals surface area contributed by atoms with Crippen molar-refractivity contribution in [2.75, 3.05) is 23.7 Å². The van der Waals surface area contributed by atoms with E-state index >= 15 is 0 Å². The lowest BCUT2D eigenvalue weighted by Crippen LogP contribution is -2.21. The van der Waals surface area contributed by atoms with Crippen molar-refractivity contribution >= 4 is 23.1 Å². The molecular weight excluding hydrogens is 210 g/mol. The van der Waals surface area contributed by atoms with Crippen molar-refractivity contribution in [3.63, 3.8) is 0 Å². The second kappa shape index (κ2) is 4.27. The number of pyridine rings is 1. The molecule has 82 valence electrons. The minimum atomic E-state index is 0.600. The largest absolute Gasteiger partial charge is 0.396 e. The molecule has 0 amide bonds. The Morgan fingerprint density at radius 3 is 3.07 bits per heavy atom. The maximum Gasteiger partial charge on any atom is 0.151 e. The summed E-state index contributed by atoms with van der Waals surface area (Å²) in [5, 5.41) is 0.600. The van der Waals surface area contributed by atoms with Gasteiger partial charge in [0.25, 0.3) is 0 Å². The van der Waals surface area contributed by atoms with Crippen molar-refractivity contribution in [1.29, 1.82) is 0 Å². The van der Waals surface area contributed by atoms with E-state index in [1.807, 2.05) is 0 Å². The monoisotopic (exact) mass is 225 g/mol. The van der Waals surface area contributed by atoms with Crippen LogP contribution in [-0.2, 0) is 0 Å². The lowest BCUT2D eigenvalue weighted by molar-refractivity contribution is 0.569. The zero-order valence-corrected chi connectivity index (χ0v) is 9.67. The summed E-state index contributed by atoms with van der Waals surface area (Å²) in [7, 11) is 0. The van der Waals surface area contributed by atoms with Gasteiger partial charge >= 0.3 is 0 Å². The van der Waals surface area contributed by atoms with Crippen LogP contribution >= 0.6 is 11.6 Å². The Hall–Kier alpha value is -0.960. The fraction of sp³-hybridized carbons (Fsp3) is 0.545. The van der Waals surface area contributed by atoms with E-state index in [4.69, 9.17) is 17.3 Å². The fourth-order valence-electron chi connectivity index (χ4n) is 2.07. The SMILES string of the molecule is CCC1CCN(c2ncc(Cl)cc2N)C1. The van der Waals surface area contributed by atoms with Gasteiger partial charge in [-0.1, -0.05) is 24.9 Å². The highest BCUT2D eigenvalue weighted by Crippen LogP contribution is 2.29. The molecule has 4 heteroatoms. The summed E-state index contributed by atoms with van der Waals surface area (Å²) in [5.41, 5.74) is 6.58. The van der Waals surface area contributed by atoms with Crippen LogP contribution in [0.2, 0.25) is 5.02 Å². The van der Waals surface area contributed by atoms with Gasteiger partial charge in [0.05, 0.1) is 10.7 Å². The molecule has 1 aromatic heterocycles. The molecule has 1 aliphatic rings. The molecule has 0 bridgehead atoms. The summed E-state index contributed by atoms with van der Waals surface area (Å²) in [4.78, 5) is 6.55. The van der Waals surface area contributed by atoms with Gasteiger partial charge < -0.3 is 10.6 Å². The summed E-state index contributed by atoms with van der Waals surface area (Å²) in [6, 6.07) is 1.77. The Kier molecular flexibility index (Phi) is 3.00. The fourth-order valence-corrected chi connectivity index (χ4v) is 2.24. The van der Waals surface area contributed by atoms with Gasteiger partial charge in [0.2, 0.25) is 0 Å². The summed E-state index contributed by atoms with van der Waals surface area (Å²) < 4.78 is 0. The molecule has 0 saturated carbocycles. The van der Waals surface area contributed by atoms with Crippen LogP contribution in [0.3, 0.4) is 0 Å². The van der Waals surface area contributed by atoms with Gasteiger partial charge in [-0.05, 0) is 18.4 Å².